The molecule has 0 atom stereocenters. The lowest BCUT2D eigenvalue weighted by Crippen LogP contribution is -2.37. The molecule has 0 radical (unpaired) electrons. The number of hydrogen-bond donors (Lipinski definition) is 1. The fraction of sp³-hybridized carbons (Fsp3) is 0.286. The smallest absolute Gasteiger partial charge is 0.416 e. The van der Waals surface area contributed by atoms with E-state index >= 15 is 0 Å². The molecule has 2 heterocycles. The number of carbonyl (C=O) groups is 2. The lowest BCUT2D eigenvalue weighted by atomic mass is 10.1. The van der Waals surface area contributed by atoms with Crippen molar-refractivity contribution >= 4 is 44.8 Å². The Hall–Kier alpha value is -3.18. The van der Waals surface area contributed by atoms with Crippen LogP contribution >= 0.6 is 11.3 Å². The van der Waals surface area contributed by atoms with E-state index in [2.05, 4.69) is 10.3 Å². The van der Waals surface area contributed by atoms with Crippen molar-refractivity contribution in [3.8, 4) is 0 Å². The molecule has 2 aromatic carbocycles. The number of esters is 1. The summed E-state index contributed by atoms with van der Waals surface area (Å²) in [5.74, 6) is -1.46. The van der Waals surface area contributed by atoms with Gasteiger partial charge >= 0.3 is 12.1 Å². The number of carbonyl (C=O) groups excluding carboxylic acids is 2. The zero-order valence-electron chi connectivity index (χ0n) is 16.6. The number of hydrogen-bond acceptors (Lipinski definition) is 7. The molecule has 1 aromatic heterocycles. The molecule has 0 unspecified atom stereocenters. The van der Waals surface area contributed by atoms with Crippen molar-refractivity contribution in [2.75, 3.05) is 43.1 Å². The number of anilines is 2. The van der Waals surface area contributed by atoms with Crippen molar-refractivity contribution in [3.05, 3.63) is 53.0 Å². The van der Waals surface area contributed by atoms with Gasteiger partial charge in [-0.05, 0) is 36.4 Å². The minimum Gasteiger partial charge on any atom is -0.452 e. The SMILES string of the molecule is O=C(COC(=O)c1ccc2ncsc2c1)Nc1cc(C(F)(F)F)ccc1N1CCOCC1. The number of alkyl halides is 3. The van der Waals surface area contributed by atoms with Crippen LogP contribution in [0.4, 0.5) is 24.5 Å². The number of rotatable bonds is 5. The number of amides is 1. The van der Waals surface area contributed by atoms with Gasteiger partial charge in [-0.3, -0.25) is 4.79 Å². The summed E-state index contributed by atoms with van der Waals surface area (Å²) in [6, 6.07) is 7.97. The third kappa shape index (κ3) is 5.00. The Morgan fingerprint density at radius 3 is 2.69 bits per heavy atom. The molecule has 1 aliphatic heterocycles. The van der Waals surface area contributed by atoms with Crippen LogP contribution in [-0.4, -0.2) is 49.8 Å². The van der Waals surface area contributed by atoms with Gasteiger partial charge in [-0.2, -0.15) is 13.2 Å². The van der Waals surface area contributed by atoms with Crippen LogP contribution in [0.25, 0.3) is 10.2 Å². The number of morpholine rings is 1. The first-order valence-corrected chi connectivity index (χ1v) is 10.5. The summed E-state index contributed by atoms with van der Waals surface area (Å²) in [4.78, 5) is 30.6. The van der Waals surface area contributed by atoms with Gasteiger partial charge in [-0.1, -0.05) is 0 Å². The van der Waals surface area contributed by atoms with E-state index < -0.39 is 30.2 Å². The monoisotopic (exact) mass is 465 g/mol. The molecule has 1 saturated heterocycles. The maximum atomic E-state index is 13.2. The summed E-state index contributed by atoms with van der Waals surface area (Å²) in [5.41, 5.74) is 2.19. The van der Waals surface area contributed by atoms with Gasteiger partial charge in [0.25, 0.3) is 5.91 Å². The maximum Gasteiger partial charge on any atom is 0.416 e. The van der Waals surface area contributed by atoms with E-state index in [1.54, 1.807) is 17.6 Å². The van der Waals surface area contributed by atoms with Gasteiger partial charge in [0.1, 0.15) is 0 Å². The van der Waals surface area contributed by atoms with E-state index in [0.717, 1.165) is 22.3 Å². The highest BCUT2D eigenvalue weighted by atomic mass is 32.1. The Morgan fingerprint density at radius 1 is 1.16 bits per heavy atom. The molecule has 0 aliphatic carbocycles. The van der Waals surface area contributed by atoms with Crippen LogP contribution in [0, 0.1) is 0 Å². The molecule has 32 heavy (non-hydrogen) atoms. The second kappa shape index (κ2) is 9.13. The average Bonchev–Trinajstić information content (AvgIpc) is 3.25. The van der Waals surface area contributed by atoms with Crippen LogP contribution in [-0.2, 0) is 20.4 Å². The third-order valence-corrected chi connectivity index (χ3v) is 5.64. The Labute approximate surface area is 184 Å². The van der Waals surface area contributed by atoms with E-state index in [-0.39, 0.29) is 11.3 Å². The molecule has 1 N–H and O–H groups in total. The normalized spacial score (nSPS) is 14.4. The number of benzene rings is 2. The van der Waals surface area contributed by atoms with Crippen molar-refractivity contribution in [1.29, 1.82) is 0 Å². The molecule has 7 nitrogen and oxygen atoms in total. The van der Waals surface area contributed by atoms with Crippen LogP contribution in [0.1, 0.15) is 15.9 Å². The highest BCUT2D eigenvalue weighted by molar-refractivity contribution is 7.16. The molecule has 4 rings (SSSR count). The van der Waals surface area contributed by atoms with Gasteiger partial charge in [0, 0.05) is 13.1 Å². The summed E-state index contributed by atoms with van der Waals surface area (Å²) in [5, 5.41) is 2.45. The molecule has 0 saturated carbocycles. The molecular formula is C21H18F3N3O4S. The Balaban J connectivity index is 1.46. The first kappa shape index (κ1) is 22.0. The first-order valence-electron chi connectivity index (χ1n) is 9.65. The summed E-state index contributed by atoms with van der Waals surface area (Å²) in [6.45, 7) is 1.16. The van der Waals surface area contributed by atoms with E-state index in [4.69, 9.17) is 9.47 Å². The number of aromatic nitrogens is 1. The topological polar surface area (TPSA) is 80.8 Å². The number of halogens is 3. The number of fused-ring (bicyclic) bond motifs is 1. The van der Waals surface area contributed by atoms with Crippen molar-refractivity contribution in [2.45, 2.75) is 6.18 Å². The van der Waals surface area contributed by atoms with E-state index in [1.807, 2.05) is 4.90 Å². The van der Waals surface area contributed by atoms with Crippen molar-refractivity contribution in [2.24, 2.45) is 0 Å². The second-order valence-corrected chi connectivity index (χ2v) is 7.87. The van der Waals surface area contributed by atoms with Crippen LogP contribution in [0.15, 0.2) is 41.9 Å². The van der Waals surface area contributed by atoms with Gasteiger partial charge in [0.05, 0.1) is 51.4 Å². The highest BCUT2D eigenvalue weighted by Gasteiger charge is 2.32. The van der Waals surface area contributed by atoms with Gasteiger partial charge in [-0.25, -0.2) is 9.78 Å². The lowest BCUT2D eigenvalue weighted by molar-refractivity contribution is -0.137. The van der Waals surface area contributed by atoms with Crippen LogP contribution < -0.4 is 10.2 Å². The lowest BCUT2D eigenvalue weighted by Gasteiger charge is -2.31. The predicted molar refractivity (Wildman–Crippen MR) is 113 cm³/mol. The largest absolute Gasteiger partial charge is 0.452 e. The predicted octanol–water partition coefficient (Wildman–Crippen LogP) is 3.95. The minimum absolute atomic E-state index is 0.00569. The quantitative estimate of drug-likeness (QED) is 0.575. The Bertz CT molecular complexity index is 1140. The first-order chi connectivity index (χ1) is 15.3. The van der Waals surface area contributed by atoms with Gasteiger partial charge in [0.2, 0.25) is 0 Å². The third-order valence-electron chi connectivity index (χ3n) is 4.85. The van der Waals surface area contributed by atoms with E-state index in [9.17, 15) is 22.8 Å². The molecule has 3 aromatic rings. The molecular weight excluding hydrogens is 447 g/mol. The zero-order valence-corrected chi connectivity index (χ0v) is 17.5. The molecule has 1 fully saturated rings. The van der Waals surface area contributed by atoms with Crippen molar-refractivity contribution in [1.82, 2.24) is 4.98 Å². The molecule has 11 heteroatoms. The molecule has 168 valence electrons. The molecule has 0 bridgehead atoms. The fourth-order valence-corrected chi connectivity index (χ4v) is 3.99. The number of nitrogens with zero attached hydrogens (tertiary/aromatic N) is 2. The molecule has 1 aliphatic rings. The minimum atomic E-state index is -4.56. The molecule has 1 amide bonds. The van der Waals surface area contributed by atoms with Gasteiger partial charge in [-0.15, -0.1) is 11.3 Å². The summed E-state index contributed by atoms with van der Waals surface area (Å²) >= 11 is 1.36. The van der Waals surface area contributed by atoms with Crippen LogP contribution in [0.5, 0.6) is 0 Å². The average molecular weight is 465 g/mol. The number of thiazole rings is 1. The van der Waals surface area contributed by atoms with E-state index in [1.165, 1.54) is 23.5 Å². The zero-order chi connectivity index (χ0) is 22.7. The fourth-order valence-electron chi connectivity index (χ4n) is 3.28. The summed E-state index contributed by atoms with van der Waals surface area (Å²) in [7, 11) is 0. The number of nitrogens with one attached hydrogen (secondary N) is 1. The van der Waals surface area contributed by atoms with Gasteiger partial charge < -0.3 is 19.7 Å². The van der Waals surface area contributed by atoms with Crippen LogP contribution in [0.3, 0.4) is 0 Å². The highest BCUT2D eigenvalue weighted by Crippen LogP contribution is 2.35. The number of ether oxygens (including phenoxy) is 2. The van der Waals surface area contributed by atoms with Crippen molar-refractivity contribution in [3.63, 3.8) is 0 Å². The van der Waals surface area contributed by atoms with Gasteiger partial charge in [0.15, 0.2) is 6.61 Å². The summed E-state index contributed by atoms with van der Waals surface area (Å²) < 4.78 is 50.7. The maximum absolute atomic E-state index is 13.2. The molecule has 0 spiro atoms. The van der Waals surface area contributed by atoms with Crippen LogP contribution in [0.2, 0.25) is 0 Å². The second-order valence-electron chi connectivity index (χ2n) is 6.99. The Kier molecular flexibility index (Phi) is 6.28. The summed E-state index contributed by atoms with van der Waals surface area (Å²) in [6.07, 6.45) is -4.56. The Morgan fingerprint density at radius 2 is 1.94 bits per heavy atom. The van der Waals surface area contributed by atoms with E-state index in [0.29, 0.717) is 32.0 Å². The standard InChI is InChI=1S/C21H18F3N3O4S/c22-21(23,24)14-2-4-17(27-5-7-30-8-6-27)16(10-14)26-19(28)11-31-20(29)13-1-3-15-18(9-13)32-12-25-15/h1-4,9-10,12H,5-8,11H2,(H,26,28). The van der Waals surface area contributed by atoms with Crippen molar-refractivity contribution < 1.29 is 32.2 Å².